The average Bonchev–Trinajstić information content (AvgIpc) is 2.47. The highest BCUT2D eigenvalue weighted by Crippen LogP contribution is 2.32. The third-order valence-electron chi connectivity index (χ3n) is 3.27. The molecule has 3 nitrogen and oxygen atoms in total. The third kappa shape index (κ3) is 2.76. The standard InChI is InChI=1S/C17H13NO2S/c1-11-8-9-18-16(15(11)17(19)20)21-14-7-6-12-4-2-3-5-13(12)10-14/h2-10H,1H3,(H,19,20). The number of aromatic carboxylic acids is 1. The fourth-order valence-corrected chi connectivity index (χ4v) is 3.22. The Morgan fingerprint density at radius 2 is 1.86 bits per heavy atom. The molecule has 0 saturated carbocycles. The van der Waals surface area contributed by atoms with Crippen molar-refractivity contribution >= 4 is 28.5 Å². The molecule has 0 atom stereocenters. The molecule has 2 aromatic carbocycles. The van der Waals surface area contributed by atoms with E-state index in [-0.39, 0.29) is 5.56 Å². The first kappa shape index (κ1) is 13.6. The van der Waals surface area contributed by atoms with Crippen LogP contribution in [0.5, 0.6) is 0 Å². The molecule has 0 spiro atoms. The van der Waals surface area contributed by atoms with E-state index in [2.05, 4.69) is 17.1 Å². The molecular weight excluding hydrogens is 282 g/mol. The van der Waals surface area contributed by atoms with Gasteiger partial charge in [-0.2, -0.15) is 0 Å². The lowest BCUT2D eigenvalue weighted by molar-refractivity contribution is 0.0691. The van der Waals surface area contributed by atoms with Gasteiger partial charge in [0.2, 0.25) is 0 Å². The number of benzene rings is 2. The van der Waals surface area contributed by atoms with Crippen LogP contribution in [-0.4, -0.2) is 16.1 Å². The molecule has 0 aliphatic carbocycles. The maximum Gasteiger partial charge on any atom is 0.338 e. The highest BCUT2D eigenvalue weighted by molar-refractivity contribution is 7.99. The number of hydrogen-bond donors (Lipinski definition) is 1. The zero-order chi connectivity index (χ0) is 14.8. The lowest BCUT2D eigenvalue weighted by Crippen LogP contribution is -2.03. The highest BCUT2D eigenvalue weighted by atomic mass is 32.2. The van der Waals surface area contributed by atoms with Crippen molar-refractivity contribution in [3.05, 3.63) is 65.9 Å². The number of aromatic nitrogens is 1. The van der Waals surface area contributed by atoms with E-state index >= 15 is 0 Å². The second-order valence-corrected chi connectivity index (χ2v) is 5.79. The van der Waals surface area contributed by atoms with Gasteiger partial charge in [0.25, 0.3) is 0 Å². The Hall–Kier alpha value is -2.33. The van der Waals surface area contributed by atoms with Gasteiger partial charge in [-0.05, 0) is 41.5 Å². The molecule has 0 fully saturated rings. The third-order valence-corrected chi connectivity index (χ3v) is 4.27. The van der Waals surface area contributed by atoms with Crippen molar-refractivity contribution in [3.63, 3.8) is 0 Å². The highest BCUT2D eigenvalue weighted by Gasteiger charge is 2.15. The Bertz CT molecular complexity index is 830. The van der Waals surface area contributed by atoms with Crippen molar-refractivity contribution in [2.75, 3.05) is 0 Å². The average molecular weight is 295 g/mol. The van der Waals surface area contributed by atoms with E-state index in [1.54, 1.807) is 19.2 Å². The lowest BCUT2D eigenvalue weighted by atomic mass is 10.1. The van der Waals surface area contributed by atoms with E-state index in [1.165, 1.54) is 11.8 Å². The van der Waals surface area contributed by atoms with Gasteiger partial charge in [0.1, 0.15) is 5.03 Å². The SMILES string of the molecule is Cc1ccnc(Sc2ccc3ccccc3c2)c1C(=O)O. The van der Waals surface area contributed by atoms with Gasteiger partial charge in [-0.3, -0.25) is 0 Å². The predicted molar refractivity (Wildman–Crippen MR) is 84.0 cm³/mol. The topological polar surface area (TPSA) is 50.2 Å². The summed E-state index contributed by atoms with van der Waals surface area (Å²) in [6, 6.07) is 15.9. The number of rotatable bonds is 3. The molecule has 1 heterocycles. The Morgan fingerprint density at radius 1 is 1.10 bits per heavy atom. The first-order chi connectivity index (χ1) is 10.1. The van der Waals surface area contributed by atoms with Crippen molar-refractivity contribution in [1.29, 1.82) is 0 Å². The summed E-state index contributed by atoms with van der Waals surface area (Å²) in [5.41, 5.74) is 0.997. The maximum atomic E-state index is 11.4. The van der Waals surface area contributed by atoms with Crippen molar-refractivity contribution in [2.24, 2.45) is 0 Å². The first-order valence-corrected chi connectivity index (χ1v) is 7.32. The molecule has 4 heteroatoms. The van der Waals surface area contributed by atoms with Crippen LogP contribution in [0.2, 0.25) is 0 Å². The molecule has 3 aromatic rings. The number of pyridine rings is 1. The minimum Gasteiger partial charge on any atom is -0.478 e. The van der Waals surface area contributed by atoms with E-state index in [1.807, 2.05) is 30.3 Å². The van der Waals surface area contributed by atoms with E-state index in [0.717, 1.165) is 21.2 Å². The quantitative estimate of drug-likeness (QED) is 0.778. The maximum absolute atomic E-state index is 11.4. The zero-order valence-corrected chi connectivity index (χ0v) is 12.2. The van der Waals surface area contributed by atoms with Gasteiger partial charge in [-0.25, -0.2) is 9.78 Å². The van der Waals surface area contributed by atoms with Crippen molar-refractivity contribution in [2.45, 2.75) is 16.8 Å². The Labute approximate surface area is 126 Å². The van der Waals surface area contributed by atoms with Crippen molar-refractivity contribution < 1.29 is 9.90 Å². The van der Waals surface area contributed by atoms with Gasteiger partial charge < -0.3 is 5.11 Å². The molecule has 0 saturated heterocycles. The molecule has 0 unspecified atom stereocenters. The van der Waals surface area contributed by atoms with Crippen LogP contribution in [0, 0.1) is 6.92 Å². The molecule has 0 radical (unpaired) electrons. The van der Waals surface area contributed by atoms with Gasteiger partial charge in [-0.15, -0.1) is 0 Å². The monoisotopic (exact) mass is 295 g/mol. The van der Waals surface area contributed by atoms with Gasteiger partial charge in [0, 0.05) is 11.1 Å². The molecule has 21 heavy (non-hydrogen) atoms. The summed E-state index contributed by atoms with van der Waals surface area (Å²) in [5, 5.41) is 12.2. The number of fused-ring (bicyclic) bond motifs is 1. The summed E-state index contributed by atoms with van der Waals surface area (Å²) in [6.07, 6.45) is 1.64. The summed E-state index contributed by atoms with van der Waals surface area (Å²) in [6.45, 7) is 1.79. The fraction of sp³-hybridized carbons (Fsp3) is 0.0588. The van der Waals surface area contributed by atoms with E-state index < -0.39 is 5.97 Å². The van der Waals surface area contributed by atoms with E-state index in [9.17, 15) is 9.90 Å². The van der Waals surface area contributed by atoms with Gasteiger partial charge in [-0.1, -0.05) is 42.1 Å². The number of hydrogen-bond acceptors (Lipinski definition) is 3. The molecule has 0 aliphatic heterocycles. The summed E-state index contributed by atoms with van der Waals surface area (Å²) >= 11 is 1.38. The van der Waals surface area contributed by atoms with E-state index in [0.29, 0.717) is 5.03 Å². The largest absolute Gasteiger partial charge is 0.478 e. The van der Waals surface area contributed by atoms with Crippen LogP contribution in [0.15, 0.2) is 64.6 Å². The molecule has 3 rings (SSSR count). The summed E-state index contributed by atoms with van der Waals surface area (Å²) < 4.78 is 0. The van der Waals surface area contributed by atoms with E-state index in [4.69, 9.17) is 0 Å². The number of carboxylic acids is 1. The van der Waals surface area contributed by atoms with Crippen LogP contribution < -0.4 is 0 Å². The molecule has 104 valence electrons. The molecular formula is C17H13NO2S. The molecule has 0 aliphatic rings. The number of carbonyl (C=O) groups is 1. The van der Waals surface area contributed by atoms with Crippen molar-refractivity contribution in [3.8, 4) is 0 Å². The Kier molecular flexibility index (Phi) is 3.62. The van der Waals surface area contributed by atoms with Crippen LogP contribution in [0.1, 0.15) is 15.9 Å². The zero-order valence-electron chi connectivity index (χ0n) is 11.4. The number of nitrogens with zero attached hydrogens (tertiary/aromatic N) is 1. The smallest absolute Gasteiger partial charge is 0.338 e. The molecule has 0 amide bonds. The first-order valence-electron chi connectivity index (χ1n) is 6.51. The van der Waals surface area contributed by atoms with Crippen LogP contribution in [0.25, 0.3) is 10.8 Å². The molecule has 0 bridgehead atoms. The normalized spacial score (nSPS) is 10.7. The Balaban J connectivity index is 2.02. The predicted octanol–water partition coefficient (Wildman–Crippen LogP) is 4.39. The summed E-state index contributed by atoms with van der Waals surface area (Å²) in [7, 11) is 0. The van der Waals surface area contributed by atoms with Gasteiger partial charge in [0.05, 0.1) is 5.56 Å². The summed E-state index contributed by atoms with van der Waals surface area (Å²) in [5.74, 6) is -0.941. The number of aryl methyl sites for hydroxylation is 1. The second kappa shape index (κ2) is 5.58. The van der Waals surface area contributed by atoms with Crippen LogP contribution in [-0.2, 0) is 0 Å². The molecule has 1 N–H and O–H groups in total. The van der Waals surface area contributed by atoms with Gasteiger partial charge in [0.15, 0.2) is 0 Å². The minimum atomic E-state index is -0.941. The van der Waals surface area contributed by atoms with Crippen LogP contribution in [0.3, 0.4) is 0 Å². The second-order valence-electron chi connectivity index (χ2n) is 4.72. The fourth-order valence-electron chi connectivity index (χ4n) is 2.21. The lowest BCUT2D eigenvalue weighted by Gasteiger charge is -2.08. The van der Waals surface area contributed by atoms with Gasteiger partial charge >= 0.3 is 5.97 Å². The minimum absolute atomic E-state index is 0.274. The van der Waals surface area contributed by atoms with Crippen molar-refractivity contribution in [1.82, 2.24) is 4.98 Å². The summed E-state index contributed by atoms with van der Waals surface area (Å²) in [4.78, 5) is 16.6. The van der Waals surface area contributed by atoms with Crippen LogP contribution >= 0.6 is 11.8 Å². The Morgan fingerprint density at radius 3 is 2.62 bits per heavy atom. The van der Waals surface area contributed by atoms with Crippen LogP contribution in [0.4, 0.5) is 0 Å². The number of carboxylic acid groups (broad SMARTS) is 1. The molecule has 1 aromatic heterocycles.